The maximum atomic E-state index is 6.08. The van der Waals surface area contributed by atoms with Gasteiger partial charge in [0.05, 0.1) is 0 Å². The molecule has 0 radical (unpaired) electrons. The van der Waals surface area contributed by atoms with Crippen LogP contribution in [0.3, 0.4) is 0 Å². The first-order valence-corrected chi connectivity index (χ1v) is 6.69. The van der Waals surface area contributed by atoms with Crippen molar-refractivity contribution in [1.82, 2.24) is 0 Å². The Morgan fingerprint density at radius 1 is 1.29 bits per heavy atom. The fraction of sp³-hybridized carbons (Fsp3) is 0.571. The molecular formula is C14H22BrNO. The summed E-state index contributed by atoms with van der Waals surface area (Å²) in [5.74, 6) is 0.908. The summed E-state index contributed by atoms with van der Waals surface area (Å²) >= 11 is 3.45. The van der Waals surface area contributed by atoms with Gasteiger partial charge < -0.3 is 10.5 Å². The molecule has 2 nitrogen and oxygen atoms in total. The first-order valence-electron chi connectivity index (χ1n) is 5.90. The van der Waals surface area contributed by atoms with Crippen LogP contribution < -0.4 is 10.5 Å². The lowest BCUT2D eigenvalue weighted by Gasteiger charge is -2.34. The summed E-state index contributed by atoms with van der Waals surface area (Å²) in [5.41, 5.74) is 7.16. The molecule has 0 fully saturated rings. The zero-order valence-corrected chi connectivity index (χ0v) is 12.8. The van der Waals surface area contributed by atoms with Crippen LogP contribution >= 0.6 is 15.9 Å². The fourth-order valence-corrected chi connectivity index (χ4v) is 2.43. The highest BCUT2D eigenvalue weighted by Crippen LogP contribution is 2.29. The largest absolute Gasteiger partial charge is 0.488 e. The Bertz CT molecular complexity index is 382. The van der Waals surface area contributed by atoms with Gasteiger partial charge in [0, 0.05) is 15.9 Å². The zero-order chi connectivity index (χ0) is 13.2. The van der Waals surface area contributed by atoms with Gasteiger partial charge in [0.1, 0.15) is 11.9 Å². The Morgan fingerprint density at radius 3 is 2.29 bits per heavy atom. The highest BCUT2D eigenvalue weighted by molar-refractivity contribution is 9.10. The van der Waals surface area contributed by atoms with Crippen molar-refractivity contribution < 1.29 is 4.74 Å². The first kappa shape index (κ1) is 14.5. The molecule has 2 atom stereocenters. The van der Waals surface area contributed by atoms with Gasteiger partial charge in [-0.25, -0.2) is 0 Å². The predicted octanol–water partition coefficient (Wildman–Crippen LogP) is 3.90. The van der Waals surface area contributed by atoms with Crippen LogP contribution in [0.1, 0.15) is 33.3 Å². The van der Waals surface area contributed by atoms with Crippen LogP contribution in [0.25, 0.3) is 0 Å². The summed E-state index contributed by atoms with van der Waals surface area (Å²) in [4.78, 5) is 0. The standard InChI is InChI=1S/C14H22BrNO/c1-9-8-11(15)6-7-12(9)17-13(10(2)16)14(3,4)5/h6-8,10,13H,16H2,1-5H3. The molecule has 0 amide bonds. The van der Waals surface area contributed by atoms with Crippen LogP contribution in [-0.4, -0.2) is 12.1 Å². The number of rotatable bonds is 3. The highest BCUT2D eigenvalue weighted by Gasteiger charge is 2.30. The molecule has 0 heterocycles. The Labute approximate surface area is 113 Å². The number of hydrogen-bond donors (Lipinski definition) is 1. The summed E-state index contributed by atoms with van der Waals surface area (Å²) < 4.78 is 7.15. The molecule has 3 heteroatoms. The smallest absolute Gasteiger partial charge is 0.122 e. The van der Waals surface area contributed by atoms with Crippen LogP contribution in [0.5, 0.6) is 5.75 Å². The van der Waals surface area contributed by atoms with Crippen molar-refractivity contribution in [3.05, 3.63) is 28.2 Å². The van der Waals surface area contributed by atoms with Gasteiger partial charge in [-0.3, -0.25) is 0 Å². The van der Waals surface area contributed by atoms with Gasteiger partial charge in [-0.05, 0) is 37.6 Å². The molecule has 0 aliphatic heterocycles. The minimum atomic E-state index is -0.00181. The van der Waals surface area contributed by atoms with Gasteiger partial charge in [0.15, 0.2) is 0 Å². The van der Waals surface area contributed by atoms with Crippen LogP contribution in [0, 0.1) is 12.3 Å². The lowest BCUT2D eigenvalue weighted by Crippen LogP contribution is -2.45. The number of aryl methyl sites for hydroxylation is 1. The van der Waals surface area contributed by atoms with E-state index < -0.39 is 0 Å². The third-order valence-electron chi connectivity index (χ3n) is 2.72. The van der Waals surface area contributed by atoms with Crippen molar-refractivity contribution in [3.63, 3.8) is 0 Å². The number of hydrogen-bond acceptors (Lipinski definition) is 2. The molecule has 1 rings (SSSR count). The van der Waals surface area contributed by atoms with Crippen molar-refractivity contribution in [3.8, 4) is 5.75 Å². The maximum absolute atomic E-state index is 6.08. The quantitative estimate of drug-likeness (QED) is 0.919. The van der Waals surface area contributed by atoms with Crippen molar-refractivity contribution >= 4 is 15.9 Å². The maximum Gasteiger partial charge on any atom is 0.122 e. The second-order valence-electron chi connectivity index (χ2n) is 5.67. The lowest BCUT2D eigenvalue weighted by atomic mass is 9.85. The minimum absolute atomic E-state index is 0.00181. The summed E-state index contributed by atoms with van der Waals surface area (Å²) in [6, 6.07) is 6.03. The Morgan fingerprint density at radius 2 is 1.88 bits per heavy atom. The zero-order valence-electron chi connectivity index (χ0n) is 11.3. The average Bonchev–Trinajstić information content (AvgIpc) is 2.13. The Balaban J connectivity index is 2.94. The van der Waals surface area contributed by atoms with E-state index >= 15 is 0 Å². The molecule has 1 aromatic carbocycles. The summed E-state index contributed by atoms with van der Waals surface area (Å²) in [7, 11) is 0. The van der Waals surface area contributed by atoms with Crippen LogP contribution in [0.4, 0.5) is 0 Å². The number of halogens is 1. The summed E-state index contributed by atoms with van der Waals surface area (Å²) in [5, 5.41) is 0. The van der Waals surface area contributed by atoms with E-state index in [1.807, 2.05) is 26.0 Å². The molecule has 0 aliphatic rings. The highest BCUT2D eigenvalue weighted by atomic mass is 79.9. The monoisotopic (exact) mass is 299 g/mol. The van der Waals surface area contributed by atoms with Crippen LogP contribution in [0.15, 0.2) is 22.7 Å². The van der Waals surface area contributed by atoms with Crippen molar-refractivity contribution in [2.45, 2.75) is 46.8 Å². The number of nitrogens with two attached hydrogens (primary N) is 1. The van der Waals surface area contributed by atoms with E-state index in [1.165, 1.54) is 0 Å². The normalized spacial score (nSPS) is 15.5. The molecule has 0 bridgehead atoms. The van der Waals surface area contributed by atoms with Gasteiger partial charge in [0.2, 0.25) is 0 Å². The molecule has 1 aromatic rings. The molecule has 0 aliphatic carbocycles. The third-order valence-corrected chi connectivity index (χ3v) is 3.22. The molecule has 96 valence electrons. The number of benzene rings is 1. The van der Waals surface area contributed by atoms with Crippen molar-refractivity contribution in [2.75, 3.05) is 0 Å². The molecular weight excluding hydrogens is 278 g/mol. The lowest BCUT2D eigenvalue weighted by molar-refractivity contribution is 0.0678. The van der Waals surface area contributed by atoms with Gasteiger partial charge in [-0.2, -0.15) is 0 Å². The molecule has 17 heavy (non-hydrogen) atoms. The van der Waals surface area contributed by atoms with E-state index in [2.05, 4.69) is 42.8 Å². The molecule has 0 aromatic heterocycles. The van der Waals surface area contributed by atoms with E-state index in [1.54, 1.807) is 0 Å². The SMILES string of the molecule is Cc1cc(Br)ccc1OC(C(C)N)C(C)(C)C. The van der Waals surface area contributed by atoms with E-state index in [-0.39, 0.29) is 17.6 Å². The van der Waals surface area contributed by atoms with Crippen molar-refractivity contribution in [2.24, 2.45) is 11.1 Å². The summed E-state index contributed by atoms with van der Waals surface area (Å²) in [6.07, 6.45) is 0.00220. The minimum Gasteiger partial charge on any atom is -0.488 e. The average molecular weight is 300 g/mol. The molecule has 0 spiro atoms. The molecule has 0 saturated carbocycles. The van der Waals surface area contributed by atoms with Gasteiger partial charge in [-0.1, -0.05) is 36.7 Å². The van der Waals surface area contributed by atoms with E-state index in [4.69, 9.17) is 10.5 Å². The van der Waals surface area contributed by atoms with Crippen molar-refractivity contribution in [1.29, 1.82) is 0 Å². The predicted molar refractivity (Wildman–Crippen MR) is 76.4 cm³/mol. The third kappa shape index (κ3) is 4.00. The van der Waals surface area contributed by atoms with Gasteiger partial charge in [-0.15, -0.1) is 0 Å². The summed E-state index contributed by atoms with van der Waals surface area (Å²) in [6.45, 7) is 10.5. The van der Waals surface area contributed by atoms with Gasteiger partial charge in [0.25, 0.3) is 0 Å². The second-order valence-corrected chi connectivity index (χ2v) is 6.59. The first-order chi connectivity index (χ1) is 7.71. The van der Waals surface area contributed by atoms with E-state index in [0.717, 1.165) is 15.8 Å². The van der Waals surface area contributed by atoms with Crippen LogP contribution in [0.2, 0.25) is 0 Å². The fourth-order valence-electron chi connectivity index (χ4n) is 1.95. The molecule has 2 unspecified atom stereocenters. The Kier molecular flexibility index (Phi) is 4.62. The van der Waals surface area contributed by atoms with E-state index in [9.17, 15) is 0 Å². The van der Waals surface area contributed by atoms with Crippen LogP contribution in [-0.2, 0) is 0 Å². The molecule has 0 saturated heterocycles. The Hall–Kier alpha value is -0.540. The topological polar surface area (TPSA) is 35.2 Å². The van der Waals surface area contributed by atoms with E-state index in [0.29, 0.717) is 0 Å². The van der Waals surface area contributed by atoms with Gasteiger partial charge >= 0.3 is 0 Å². The number of ether oxygens (including phenoxy) is 1. The molecule has 2 N–H and O–H groups in total. The second kappa shape index (κ2) is 5.40.